The van der Waals surface area contributed by atoms with Gasteiger partial charge in [-0.25, -0.2) is 0 Å². The van der Waals surface area contributed by atoms with Crippen molar-refractivity contribution in [1.29, 1.82) is 0 Å². The molecule has 0 fully saturated rings. The molecule has 0 aromatic heterocycles. The average Bonchev–Trinajstić information content (AvgIpc) is 2.27. The number of rotatable bonds is 6. The van der Waals surface area contributed by atoms with Gasteiger partial charge >= 0.3 is 0 Å². The zero-order valence-electron chi connectivity index (χ0n) is 10.1. The number of hydrogen-bond acceptors (Lipinski definition) is 2. The second-order valence-corrected chi connectivity index (χ2v) is 3.69. The van der Waals surface area contributed by atoms with Gasteiger partial charge in [-0.2, -0.15) is 0 Å². The van der Waals surface area contributed by atoms with Crippen molar-refractivity contribution in [2.24, 2.45) is 0 Å². The van der Waals surface area contributed by atoms with Gasteiger partial charge < -0.3 is 5.32 Å². The van der Waals surface area contributed by atoms with E-state index >= 15 is 0 Å². The van der Waals surface area contributed by atoms with Crippen LogP contribution in [-0.4, -0.2) is 24.5 Å². The van der Waals surface area contributed by atoms with E-state index in [9.17, 15) is 0 Å². The Morgan fingerprint density at radius 1 is 1.13 bits per heavy atom. The molecule has 0 heterocycles. The lowest BCUT2D eigenvalue weighted by molar-refractivity contribution is 0.296. The van der Waals surface area contributed by atoms with Crippen molar-refractivity contribution >= 4 is 5.69 Å². The molecule has 0 bridgehead atoms. The van der Waals surface area contributed by atoms with Gasteiger partial charge in [-0.05, 0) is 37.7 Å². The molecule has 2 heteroatoms. The third-order valence-electron chi connectivity index (χ3n) is 2.61. The number of benzene rings is 1. The minimum atomic E-state index is 0.981. The highest BCUT2D eigenvalue weighted by atomic mass is 15.1. The van der Waals surface area contributed by atoms with Gasteiger partial charge in [-0.15, -0.1) is 0 Å². The van der Waals surface area contributed by atoms with Gasteiger partial charge in [-0.3, -0.25) is 4.90 Å². The predicted octanol–water partition coefficient (Wildman–Crippen LogP) is 2.96. The fourth-order valence-corrected chi connectivity index (χ4v) is 1.69. The molecule has 1 N–H and O–H groups in total. The van der Waals surface area contributed by atoms with E-state index < -0.39 is 0 Å². The van der Waals surface area contributed by atoms with Crippen LogP contribution >= 0.6 is 0 Å². The molecule has 1 aromatic carbocycles. The Bertz CT molecular complexity index is 280. The van der Waals surface area contributed by atoms with Crippen molar-refractivity contribution in [1.82, 2.24) is 4.90 Å². The molecule has 0 aliphatic heterocycles. The van der Waals surface area contributed by atoms with Crippen molar-refractivity contribution in [3.05, 3.63) is 29.8 Å². The molecule has 0 aliphatic carbocycles. The van der Waals surface area contributed by atoms with Crippen molar-refractivity contribution in [3.63, 3.8) is 0 Å². The summed E-state index contributed by atoms with van der Waals surface area (Å²) < 4.78 is 0. The molecule has 0 atom stereocenters. The van der Waals surface area contributed by atoms with Gasteiger partial charge in [-0.1, -0.05) is 26.0 Å². The number of anilines is 1. The lowest BCUT2D eigenvalue weighted by Crippen LogP contribution is -2.22. The third-order valence-corrected chi connectivity index (χ3v) is 2.61. The third kappa shape index (κ3) is 3.92. The smallest absolute Gasteiger partial charge is 0.0343 e. The first-order valence-corrected chi connectivity index (χ1v) is 5.85. The van der Waals surface area contributed by atoms with Crippen molar-refractivity contribution in [3.8, 4) is 0 Å². The van der Waals surface area contributed by atoms with Crippen molar-refractivity contribution in [2.45, 2.75) is 27.3 Å². The largest absolute Gasteiger partial charge is 0.385 e. The van der Waals surface area contributed by atoms with E-state index in [-0.39, 0.29) is 0 Å². The van der Waals surface area contributed by atoms with E-state index in [1.807, 2.05) is 0 Å². The molecule has 0 saturated heterocycles. The molecule has 0 aliphatic rings. The van der Waals surface area contributed by atoms with E-state index in [0.717, 1.165) is 26.2 Å². The summed E-state index contributed by atoms with van der Waals surface area (Å²) in [5, 5.41) is 3.34. The zero-order valence-corrected chi connectivity index (χ0v) is 10.1. The van der Waals surface area contributed by atoms with Gasteiger partial charge in [0.05, 0.1) is 0 Å². The Morgan fingerprint density at radius 3 is 2.47 bits per heavy atom. The maximum atomic E-state index is 3.34. The van der Waals surface area contributed by atoms with E-state index in [2.05, 4.69) is 55.3 Å². The van der Waals surface area contributed by atoms with Gasteiger partial charge in [0.2, 0.25) is 0 Å². The number of nitrogens with zero attached hydrogens (tertiary/aromatic N) is 1. The van der Waals surface area contributed by atoms with Crippen LogP contribution in [0.2, 0.25) is 0 Å². The van der Waals surface area contributed by atoms with Crippen molar-refractivity contribution < 1.29 is 0 Å². The summed E-state index contributed by atoms with van der Waals surface area (Å²) in [6, 6.07) is 8.67. The van der Waals surface area contributed by atoms with E-state index in [1.165, 1.54) is 11.3 Å². The molecule has 0 amide bonds. The first-order valence-electron chi connectivity index (χ1n) is 5.85. The second kappa shape index (κ2) is 6.46. The SMILES string of the molecule is CCNc1cccc(CN(CC)CC)c1. The summed E-state index contributed by atoms with van der Waals surface area (Å²) in [6.45, 7) is 10.8. The molecular formula is C13H22N2. The summed E-state index contributed by atoms with van der Waals surface area (Å²) in [5.41, 5.74) is 2.61. The van der Waals surface area contributed by atoms with Crippen LogP contribution in [0.15, 0.2) is 24.3 Å². The molecule has 0 saturated carbocycles. The normalized spacial score (nSPS) is 10.7. The van der Waals surface area contributed by atoms with Crippen LogP contribution in [0.5, 0.6) is 0 Å². The maximum Gasteiger partial charge on any atom is 0.0343 e. The lowest BCUT2D eigenvalue weighted by atomic mass is 10.2. The summed E-state index contributed by atoms with van der Waals surface area (Å²) in [4.78, 5) is 2.42. The highest BCUT2D eigenvalue weighted by Gasteiger charge is 2.01. The summed E-state index contributed by atoms with van der Waals surface area (Å²) in [6.07, 6.45) is 0. The Balaban J connectivity index is 2.64. The molecule has 0 radical (unpaired) electrons. The highest BCUT2D eigenvalue weighted by Crippen LogP contribution is 2.12. The fourth-order valence-electron chi connectivity index (χ4n) is 1.69. The highest BCUT2D eigenvalue weighted by molar-refractivity contribution is 5.45. The number of hydrogen-bond donors (Lipinski definition) is 1. The van der Waals surface area contributed by atoms with Crippen LogP contribution in [0.4, 0.5) is 5.69 Å². The molecule has 1 aromatic rings. The average molecular weight is 206 g/mol. The van der Waals surface area contributed by atoms with Crippen LogP contribution in [0.1, 0.15) is 26.3 Å². The maximum absolute atomic E-state index is 3.34. The molecule has 1 rings (SSSR count). The summed E-state index contributed by atoms with van der Waals surface area (Å²) >= 11 is 0. The van der Waals surface area contributed by atoms with Crippen LogP contribution < -0.4 is 5.32 Å². The van der Waals surface area contributed by atoms with E-state index in [0.29, 0.717) is 0 Å². The summed E-state index contributed by atoms with van der Waals surface area (Å²) in [5.74, 6) is 0. The van der Waals surface area contributed by atoms with Crippen LogP contribution in [0, 0.1) is 0 Å². The van der Waals surface area contributed by atoms with Gasteiger partial charge in [0.25, 0.3) is 0 Å². The molecule has 84 valence electrons. The molecule has 0 unspecified atom stereocenters. The van der Waals surface area contributed by atoms with E-state index in [4.69, 9.17) is 0 Å². The second-order valence-electron chi connectivity index (χ2n) is 3.69. The van der Waals surface area contributed by atoms with Gasteiger partial charge in [0.1, 0.15) is 0 Å². The Labute approximate surface area is 93.3 Å². The Morgan fingerprint density at radius 2 is 1.87 bits per heavy atom. The topological polar surface area (TPSA) is 15.3 Å². The fraction of sp³-hybridized carbons (Fsp3) is 0.538. The molecule has 2 nitrogen and oxygen atoms in total. The minimum absolute atomic E-state index is 0.981. The predicted molar refractivity (Wildman–Crippen MR) is 67.2 cm³/mol. The molecule has 0 spiro atoms. The lowest BCUT2D eigenvalue weighted by Gasteiger charge is -2.18. The first kappa shape index (κ1) is 12.1. The Hall–Kier alpha value is -1.02. The van der Waals surface area contributed by atoms with Crippen LogP contribution in [0.25, 0.3) is 0 Å². The molecule has 15 heavy (non-hydrogen) atoms. The van der Waals surface area contributed by atoms with Crippen molar-refractivity contribution in [2.75, 3.05) is 25.0 Å². The quantitative estimate of drug-likeness (QED) is 0.770. The number of nitrogens with one attached hydrogen (secondary N) is 1. The van der Waals surface area contributed by atoms with Gasteiger partial charge in [0, 0.05) is 18.8 Å². The van der Waals surface area contributed by atoms with Gasteiger partial charge in [0.15, 0.2) is 0 Å². The molecular weight excluding hydrogens is 184 g/mol. The standard InChI is InChI=1S/C13H22N2/c1-4-14-13-9-7-8-12(10-13)11-15(5-2)6-3/h7-10,14H,4-6,11H2,1-3H3. The monoisotopic (exact) mass is 206 g/mol. The van der Waals surface area contributed by atoms with Crippen LogP contribution in [-0.2, 0) is 6.54 Å². The zero-order chi connectivity index (χ0) is 11.1. The minimum Gasteiger partial charge on any atom is -0.385 e. The van der Waals surface area contributed by atoms with Crippen LogP contribution in [0.3, 0.4) is 0 Å². The Kier molecular flexibility index (Phi) is 5.19. The summed E-state index contributed by atoms with van der Waals surface area (Å²) in [7, 11) is 0. The van der Waals surface area contributed by atoms with E-state index in [1.54, 1.807) is 0 Å². The first-order chi connectivity index (χ1) is 7.30.